The van der Waals surface area contributed by atoms with Gasteiger partial charge < -0.3 is 24.4 Å². The summed E-state index contributed by atoms with van der Waals surface area (Å²) < 4.78 is 18.1. The van der Waals surface area contributed by atoms with E-state index in [1.807, 2.05) is 65.0 Å². The van der Waals surface area contributed by atoms with E-state index in [2.05, 4.69) is 24.3 Å². The number of aliphatic hydroxyl groups is 2. The van der Waals surface area contributed by atoms with Gasteiger partial charge in [-0.2, -0.15) is 0 Å². The average Bonchev–Trinajstić information content (AvgIpc) is 3.04. The van der Waals surface area contributed by atoms with Crippen LogP contribution in [0.2, 0.25) is 0 Å². The van der Waals surface area contributed by atoms with Crippen LogP contribution in [-0.2, 0) is 22.3 Å². The topological polar surface area (TPSA) is 68.2 Å². The Bertz CT molecular complexity index is 908. The van der Waals surface area contributed by atoms with Crippen molar-refractivity contribution >= 4 is 11.8 Å². The molecular formula is C27H36O5S. The van der Waals surface area contributed by atoms with Gasteiger partial charge in [0, 0.05) is 10.5 Å². The van der Waals surface area contributed by atoms with Crippen molar-refractivity contribution in [3.63, 3.8) is 0 Å². The van der Waals surface area contributed by atoms with Crippen LogP contribution < -0.4 is 4.74 Å². The number of hydrogen-bond acceptors (Lipinski definition) is 6. The molecule has 2 heterocycles. The third-order valence-corrected chi connectivity index (χ3v) is 7.60. The molecule has 4 rings (SSSR count). The summed E-state index contributed by atoms with van der Waals surface area (Å²) >= 11 is 1.64. The number of rotatable bonds is 5. The van der Waals surface area contributed by atoms with Crippen molar-refractivity contribution in [2.75, 3.05) is 0 Å². The lowest BCUT2D eigenvalue weighted by atomic mass is 9.95. The van der Waals surface area contributed by atoms with E-state index >= 15 is 0 Å². The van der Waals surface area contributed by atoms with Gasteiger partial charge in [0.05, 0.1) is 12.2 Å². The summed E-state index contributed by atoms with van der Waals surface area (Å²) in [5.74, 6) is -0.0142. The molecule has 2 saturated heterocycles. The molecule has 33 heavy (non-hydrogen) atoms. The highest BCUT2D eigenvalue weighted by Crippen LogP contribution is 2.43. The second-order valence-electron chi connectivity index (χ2n) is 10.5. The van der Waals surface area contributed by atoms with E-state index in [1.54, 1.807) is 11.8 Å². The van der Waals surface area contributed by atoms with E-state index in [0.29, 0.717) is 12.8 Å². The Balaban J connectivity index is 1.56. The first kappa shape index (κ1) is 24.6. The minimum atomic E-state index is -0.840. The molecule has 6 atom stereocenters. The van der Waals surface area contributed by atoms with E-state index in [-0.39, 0.29) is 16.1 Å². The van der Waals surface area contributed by atoms with E-state index in [9.17, 15) is 10.2 Å². The fourth-order valence-corrected chi connectivity index (χ4v) is 6.28. The molecule has 6 heteroatoms. The fraction of sp³-hybridized carbons (Fsp3) is 0.556. The Morgan fingerprint density at radius 1 is 0.818 bits per heavy atom. The van der Waals surface area contributed by atoms with Crippen LogP contribution in [0.1, 0.15) is 45.7 Å². The van der Waals surface area contributed by atoms with Crippen molar-refractivity contribution in [3.8, 4) is 5.75 Å². The van der Waals surface area contributed by atoms with Crippen LogP contribution in [0.5, 0.6) is 5.75 Å². The van der Waals surface area contributed by atoms with Crippen LogP contribution >= 0.6 is 11.8 Å². The van der Waals surface area contributed by atoms with Gasteiger partial charge in [-0.05, 0) is 70.7 Å². The maximum absolute atomic E-state index is 11.4. The third-order valence-electron chi connectivity index (χ3n) is 6.01. The molecule has 0 radical (unpaired) electrons. The maximum atomic E-state index is 11.4. The Kier molecular flexibility index (Phi) is 7.13. The van der Waals surface area contributed by atoms with E-state index in [0.717, 1.165) is 16.9 Å². The van der Waals surface area contributed by atoms with Gasteiger partial charge >= 0.3 is 0 Å². The number of hydrogen-bond donors (Lipinski definition) is 2. The molecule has 0 aliphatic carbocycles. The summed E-state index contributed by atoms with van der Waals surface area (Å²) in [6.07, 6.45) is -1.29. The highest BCUT2D eigenvalue weighted by Gasteiger charge is 2.54. The molecule has 0 unspecified atom stereocenters. The smallest absolute Gasteiger partial charge is 0.164 e. The summed E-state index contributed by atoms with van der Waals surface area (Å²) in [4.78, 5) is 0. The molecule has 180 valence electrons. The van der Waals surface area contributed by atoms with Crippen LogP contribution in [0.25, 0.3) is 0 Å². The number of thioether (sulfide) groups is 1. The maximum Gasteiger partial charge on any atom is 0.164 e. The van der Waals surface area contributed by atoms with Crippen LogP contribution in [0.15, 0.2) is 54.6 Å². The molecular weight excluding hydrogens is 436 g/mol. The minimum Gasteiger partial charge on any atom is -0.488 e. The first-order valence-electron chi connectivity index (χ1n) is 11.7. The zero-order valence-corrected chi connectivity index (χ0v) is 20.9. The highest BCUT2D eigenvalue weighted by atomic mass is 32.2. The average molecular weight is 473 g/mol. The van der Waals surface area contributed by atoms with Crippen molar-refractivity contribution < 1.29 is 24.4 Å². The molecule has 2 aromatic rings. The van der Waals surface area contributed by atoms with Crippen molar-refractivity contribution in [1.82, 2.24) is 0 Å². The van der Waals surface area contributed by atoms with Crippen molar-refractivity contribution in [1.29, 1.82) is 0 Å². The zero-order chi connectivity index (χ0) is 23.8. The summed E-state index contributed by atoms with van der Waals surface area (Å²) in [6.45, 7) is 9.75. The molecule has 0 amide bonds. The molecule has 0 aromatic heterocycles. The summed E-state index contributed by atoms with van der Waals surface area (Å²) in [5, 5.41) is 22.4. The van der Waals surface area contributed by atoms with Crippen LogP contribution in [-0.4, -0.2) is 56.5 Å². The van der Waals surface area contributed by atoms with Gasteiger partial charge in [0.25, 0.3) is 0 Å². The minimum absolute atomic E-state index is 0.122. The molecule has 2 aromatic carbocycles. The molecule has 2 aliphatic rings. The monoisotopic (exact) mass is 472 g/mol. The van der Waals surface area contributed by atoms with E-state index in [4.69, 9.17) is 14.2 Å². The third kappa shape index (κ3) is 6.11. The SMILES string of the molecule is CC(C)(C)Oc1ccc(C[C@H]2S[C@H](Cc3ccccc3)[C@H](O)[C@@H]3OC(C)(C)O[C@H]3[C@H]2O)cc1. The van der Waals surface area contributed by atoms with Gasteiger partial charge in [0.1, 0.15) is 23.6 Å². The fourth-order valence-electron chi connectivity index (χ4n) is 4.62. The van der Waals surface area contributed by atoms with E-state index < -0.39 is 30.2 Å². The van der Waals surface area contributed by atoms with Crippen molar-refractivity contribution in [3.05, 3.63) is 65.7 Å². The van der Waals surface area contributed by atoms with Gasteiger partial charge in [0.2, 0.25) is 0 Å². The van der Waals surface area contributed by atoms with Gasteiger partial charge in [-0.1, -0.05) is 42.5 Å². The lowest BCUT2D eigenvalue weighted by Crippen LogP contribution is -2.45. The first-order chi connectivity index (χ1) is 15.5. The first-order valence-corrected chi connectivity index (χ1v) is 12.6. The molecule has 0 bridgehead atoms. The molecule has 2 fully saturated rings. The van der Waals surface area contributed by atoms with Crippen LogP contribution in [0.3, 0.4) is 0 Å². The Morgan fingerprint density at radius 2 is 1.30 bits per heavy atom. The lowest BCUT2D eigenvalue weighted by Gasteiger charge is -2.28. The lowest BCUT2D eigenvalue weighted by molar-refractivity contribution is -0.161. The van der Waals surface area contributed by atoms with Gasteiger partial charge in [0.15, 0.2) is 5.79 Å². The summed E-state index contributed by atoms with van der Waals surface area (Å²) in [5.41, 5.74) is 2.01. The number of ether oxygens (including phenoxy) is 3. The second-order valence-corrected chi connectivity index (χ2v) is 12.0. The van der Waals surface area contributed by atoms with Gasteiger partial charge in [-0.15, -0.1) is 11.8 Å². The Morgan fingerprint density at radius 3 is 1.79 bits per heavy atom. The highest BCUT2D eigenvalue weighted by molar-refractivity contribution is 8.00. The molecule has 0 saturated carbocycles. The predicted octanol–water partition coefficient (Wildman–Crippen LogP) is 4.38. The van der Waals surface area contributed by atoms with Crippen LogP contribution in [0, 0.1) is 0 Å². The normalized spacial score (nSPS) is 31.6. The largest absolute Gasteiger partial charge is 0.488 e. The summed E-state index contributed by atoms with van der Waals surface area (Å²) in [7, 11) is 0. The van der Waals surface area contributed by atoms with Gasteiger partial charge in [-0.3, -0.25) is 0 Å². The van der Waals surface area contributed by atoms with E-state index in [1.165, 1.54) is 0 Å². The molecule has 5 nitrogen and oxygen atoms in total. The van der Waals surface area contributed by atoms with Crippen molar-refractivity contribution in [2.24, 2.45) is 0 Å². The number of aliphatic hydroxyl groups excluding tert-OH is 2. The molecule has 2 aliphatic heterocycles. The second kappa shape index (κ2) is 9.59. The number of fused-ring (bicyclic) bond motifs is 1. The van der Waals surface area contributed by atoms with Crippen LogP contribution in [0.4, 0.5) is 0 Å². The Hall–Kier alpha value is -1.57. The molecule has 0 spiro atoms. The molecule has 2 N–H and O–H groups in total. The Labute approximate surface area is 201 Å². The summed E-state index contributed by atoms with van der Waals surface area (Å²) in [6, 6.07) is 18.2. The standard InChI is InChI=1S/C27H36O5S/c1-26(2,3)30-19-13-11-18(12-14-19)16-21-23(29)25-24(31-27(4,5)32-25)22(28)20(33-21)15-17-9-7-6-8-10-17/h6-14,20-25,28-29H,15-16H2,1-5H3/t20-,21-,22+,23+,24+,25+/m1/s1. The quantitative estimate of drug-likeness (QED) is 0.673. The van der Waals surface area contributed by atoms with Crippen molar-refractivity contribution in [2.45, 2.75) is 93.8 Å². The zero-order valence-electron chi connectivity index (χ0n) is 20.1. The number of benzene rings is 2. The van der Waals surface area contributed by atoms with Gasteiger partial charge in [-0.25, -0.2) is 0 Å². The predicted molar refractivity (Wildman–Crippen MR) is 132 cm³/mol.